The lowest BCUT2D eigenvalue weighted by molar-refractivity contribution is -0.136. The Bertz CT molecular complexity index is 1050. The van der Waals surface area contributed by atoms with Gasteiger partial charge in [-0.15, -0.1) is 0 Å². The molecule has 0 aliphatic carbocycles. The van der Waals surface area contributed by atoms with Gasteiger partial charge in [0.05, 0.1) is 12.1 Å². The van der Waals surface area contributed by atoms with Crippen LogP contribution in [0.4, 0.5) is 5.69 Å². The van der Waals surface area contributed by atoms with E-state index in [-0.39, 0.29) is 12.5 Å². The minimum absolute atomic E-state index is 0.140. The van der Waals surface area contributed by atoms with Crippen molar-refractivity contribution in [1.82, 2.24) is 9.47 Å². The third kappa shape index (κ3) is 4.82. The average molecular weight is 393 g/mol. The van der Waals surface area contributed by atoms with Crippen molar-refractivity contribution in [2.75, 3.05) is 25.5 Å². The molecule has 0 radical (unpaired) electrons. The van der Waals surface area contributed by atoms with Gasteiger partial charge in [0.1, 0.15) is 0 Å². The summed E-state index contributed by atoms with van der Waals surface area (Å²) in [5.41, 5.74) is 3.04. The first-order chi connectivity index (χ1) is 13.8. The summed E-state index contributed by atoms with van der Waals surface area (Å²) in [7, 11) is 3.33. The summed E-state index contributed by atoms with van der Waals surface area (Å²) in [6, 6.07) is 14.8. The molecule has 0 bridgehead atoms. The number of para-hydroxylation sites is 1. The summed E-state index contributed by atoms with van der Waals surface area (Å²) in [4.78, 5) is 38.0. The SMILES string of the molecule is Cc1ccc(NC(=O)CN(C)C(=O)COC(=O)c2cn(C)c3ccccc23)cc1. The van der Waals surface area contributed by atoms with Crippen molar-refractivity contribution in [2.24, 2.45) is 7.05 Å². The largest absolute Gasteiger partial charge is 0.452 e. The number of anilines is 1. The number of esters is 1. The van der Waals surface area contributed by atoms with Crippen LogP contribution >= 0.6 is 0 Å². The predicted molar refractivity (Wildman–Crippen MR) is 111 cm³/mol. The molecule has 0 saturated heterocycles. The number of fused-ring (bicyclic) bond motifs is 1. The van der Waals surface area contributed by atoms with Crippen molar-refractivity contribution in [1.29, 1.82) is 0 Å². The molecule has 0 aliphatic rings. The van der Waals surface area contributed by atoms with Gasteiger partial charge in [-0.1, -0.05) is 35.9 Å². The monoisotopic (exact) mass is 393 g/mol. The van der Waals surface area contributed by atoms with E-state index in [4.69, 9.17) is 4.74 Å². The van der Waals surface area contributed by atoms with E-state index >= 15 is 0 Å². The lowest BCUT2D eigenvalue weighted by Crippen LogP contribution is -2.37. The summed E-state index contributed by atoms with van der Waals surface area (Å²) in [6.07, 6.45) is 1.68. The molecular formula is C22H23N3O4. The van der Waals surface area contributed by atoms with Crippen LogP contribution in [-0.4, -0.2) is 47.4 Å². The Kier molecular flexibility index (Phi) is 5.97. The van der Waals surface area contributed by atoms with Gasteiger partial charge in [0.25, 0.3) is 5.91 Å². The Morgan fingerprint density at radius 1 is 1.07 bits per heavy atom. The second-order valence-electron chi connectivity index (χ2n) is 6.91. The highest BCUT2D eigenvalue weighted by Gasteiger charge is 2.19. The van der Waals surface area contributed by atoms with Crippen LogP contribution in [-0.2, 0) is 21.4 Å². The number of amides is 2. The fraction of sp³-hybridized carbons (Fsp3) is 0.227. The first kappa shape index (κ1) is 20.1. The number of aryl methyl sites for hydroxylation is 2. The second kappa shape index (κ2) is 8.60. The highest BCUT2D eigenvalue weighted by molar-refractivity contribution is 6.05. The van der Waals surface area contributed by atoms with Crippen LogP contribution in [0, 0.1) is 6.92 Å². The molecule has 0 spiro atoms. The zero-order chi connectivity index (χ0) is 21.0. The summed E-state index contributed by atoms with van der Waals surface area (Å²) in [5.74, 6) is -1.37. The van der Waals surface area contributed by atoms with Gasteiger partial charge in [0.2, 0.25) is 5.91 Å². The Hall–Kier alpha value is -3.61. The molecule has 150 valence electrons. The Morgan fingerprint density at radius 2 is 1.76 bits per heavy atom. The summed E-state index contributed by atoms with van der Waals surface area (Å²) in [5, 5.41) is 3.49. The maximum Gasteiger partial charge on any atom is 0.340 e. The zero-order valence-corrected chi connectivity index (χ0v) is 16.6. The van der Waals surface area contributed by atoms with Crippen molar-refractivity contribution in [2.45, 2.75) is 6.92 Å². The third-order valence-electron chi connectivity index (χ3n) is 4.59. The molecule has 2 amide bonds. The van der Waals surface area contributed by atoms with Gasteiger partial charge >= 0.3 is 5.97 Å². The highest BCUT2D eigenvalue weighted by Crippen LogP contribution is 2.21. The number of hydrogen-bond acceptors (Lipinski definition) is 4. The molecule has 1 aromatic heterocycles. The van der Waals surface area contributed by atoms with Gasteiger partial charge in [-0.2, -0.15) is 0 Å². The summed E-state index contributed by atoms with van der Waals surface area (Å²) >= 11 is 0. The van der Waals surface area contributed by atoms with Crippen molar-refractivity contribution in [3.63, 3.8) is 0 Å². The van der Waals surface area contributed by atoms with Gasteiger partial charge in [0.15, 0.2) is 6.61 Å². The molecule has 3 aromatic rings. The van der Waals surface area contributed by atoms with E-state index in [0.717, 1.165) is 16.5 Å². The number of hydrogen-bond donors (Lipinski definition) is 1. The fourth-order valence-corrected chi connectivity index (χ4v) is 2.96. The lowest BCUT2D eigenvalue weighted by Gasteiger charge is -2.16. The number of ether oxygens (including phenoxy) is 1. The minimum atomic E-state index is -0.576. The molecule has 0 atom stereocenters. The standard InChI is InChI=1S/C22H23N3O4/c1-15-8-10-16(11-9-15)23-20(26)13-25(3)21(27)14-29-22(28)18-12-24(2)19-7-5-4-6-17(18)19/h4-12H,13-14H2,1-3H3,(H,23,26). The van der Waals surface area contributed by atoms with Gasteiger partial charge < -0.3 is 19.5 Å². The first-order valence-corrected chi connectivity index (χ1v) is 9.17. The number of nitrogens with one attached hydrogen (secondary N) is 1. The third-order valence-corrected chi connectivity index (χ3v) is 4.59. The second-order valence-corrected chi connectivity index (χ2v) is 6.91. The molecule has 7 nitrogen and oxygen atoms in total. The van der Waals surface area contributed by atoms with E-state index in [2.05, 4.69) is 5.32 Å². The van der Waals surface area contributed by atoms with Crippen LogP contribution in [0.1, 0.15) is 15.9 Å². The quantitative estimate of drug-likeness (QED) is 0.653. The predicted octanol–water partition coefficient (Wildman–Crippen LogP) is 2.74. The van der Waals surface area contributed by atoms with Crippen molar-refractivity contribution < 1.29 is 19.1 Å². The lowest BCUT2D eigenvalue weighted by atomic mass is 10.2. The molecule has 1 heterocycles. The number of nitrogens with zero attached hydrogens (tertiary/aromatic N) is 2. The van der Waals surface area contributed by atoms with E-state index in [1.165, 1.54) is 11.9 Å². The van der Waals surface area contributed by atoms with Crippen LogP contribution < -0.4 is 5.32 Å². The zero-order valence-electron chi connectivity index (χ0n) is 16.6. The molecule has 0 saturated carbocycles. The van der Waals surface area contributed by atoms with Crippen LogP contribution in [0.5, 0.6) is 0 Å². The first-order valence-electron chi connectivity index (χ1n) is 9.17. The fourth-order valence-electron chi connectivity index (χ4n) is 2.96. The molecule has 0 aliphatic heterocycles. The maximum absolute atomic E-state index is 12.4. The summed E-state index contributed by atoms with van der Waals surface area (Å²) in [6.45, 7) is 1.38. The van der Waals surface area contributed by atoms with Gasteiger partial charge in [-0.3, -0.25) is 9.59 Å². The molecular weight excluding hydrogens is 370 g/mol. The molecule has 0 fully saturated rings. The Morgan fingerprint density at radius 3 is 2.48 bits per heavy atom. The van der Waals surface area contributed by atoms with Crippen LogP contribution in [0.25, 0.3) is 10.9 Å². The minimum Gasteiger partial charge on any atom is -0.452 e. The smallest absolute Gasteiger partial charge is 0.340 e. The van der Waals surface area contributed by atoms with Crippen molar-refractivity contribution in [3.8, 4) is 0 Å². The van der Waals surface area contributed by atoms with Crippen molar-refractivity contribution in [3.05, 3.63) is 65.9 Å². The van der Waals surface area contributed by atoms with E-state index in [9.17, 15) is 14.4 Å². The van der Waals surface area contributed by atoms with Gasteiger partial charge in [0, 0.05) is 36.9 Å². The van der Waals surface area contributed by atoms with Gasteiger partial charge in [-0.05, 0) is 25.1 Å². The topological polar surface area (TPSA) is 80.6 Å². The number of aromatic nitrogens is 1. The van der Waals surface area contributed by atoms with Gasteiger partial charge in [-0.25, -0.2) is 4.79 Å². The average Bonchev–Trinajstić information content (AvgIpc) is 3.04. The van der Waals surface area contributed by atoms with Crippen LogP contribution in [0.2, 0.25) is 0 Å². The highest BCUT2D eigenvalue weighted by atomic mass is 16.5. The van der Waals surface area contributed by atoms with E-state index in [1.54, 1.807) is 18.3 Å². The molecule has 3 rings (SSSR count). The van der Waals surface area contributed by atoms with Crippen LogP contribution in [0.15, 0.2) is 54.7 Å². The normalized spacial score (nSPS) is 10.6. The maximum atomic E-state index is 12.4. The Labute approximate surface area is 168 Å². The molecule has 29 heavy (non-hydrogen) atoms. The van der Waals surface area contributed by atoms with E-state index in [0.29, 0.717) is 11.3 Å². The van der Waals surface area contributed by atoms with Crippen molar-refractivity contribution >= 4 is 34.4 Å². The Balaban J connectivity index is 1.53. The molecule has 7 heteroatoms. The molecule has 0 unspecified atom stereocenters. The number of rotatable bonds is 6. The number of likely N-dealkylation sites (N-methyl/N-ethyl adjacent to an activating group) is 1. The molecule has 2 aromatic carbocycles. The van der Waals surface area contributed by atoms with E-state index < -0.39 is 18.5 Å². The summed E-state index contributed by atoms with van der Waals surface area (Å²) < 4.78 is 7.00. The van der Waals surface area contributed by atoms with E-state index in [1.807, 2.05) is 54.9 Å². The molecule has 1 N–H and O–H groups in total. The van der Waals surface area contributed by atoms with Crippen LogP contribution in [0.3, 0.4) is 0 Å². The number of carbonyl (C=O) groups excluding carboxylic acids is 3. The number of benzene rings is 2. The number of carbonyl (C=O) groups is 3.